The molecule has 5 heteroatoms. The van der Waals surface area contributed by atoms with Crippen molar-refractivity contribution in [3.63, 3.8) is 0 Å². The molecule has 0 aliphatic carbocycles. The molecule has 2 amide bonds. The van der Waals surface area contributed by atoms with E-state index in [-0.39, 0.29) is 11.8 Å². The highest BCUT2D eigenvalue weighted by atomic mass is 32.2. The first kappa shape index (κ1) is 19.0. The van der Waals surface area contributed by atoms with Gasteiger partial charge in [0.1, 0.15) is 0 Å². The highest BCUT2D eigenvalue weighted by Gasteiger charge is 2.22. The lowest BCUT2D eigenvalue weighted by molar-refractivity contribution is -0.112. The van der Waals surface area contributed by atoms with Crippen molar-refractivity contribution in [2.24, 2.45) is 0 Å². The van der Waals surface area contributed by atoms with Crippen molar-refractivity contribution in [1.29, 1.82) is 0 Å². The fraction of sp³-hybridized carbons (Fsp3) is 0.0833. The minimum Gasteiger partial charge on any atom is -0.348 e. The molecule has 0 fully saturated rings. The third-order valence-corrected chi connectivity index (χ3v) is 5.67. The molecule has 0 aromatic heterocycles. The molecular weight excluding hydrogens is 380 g/mol. The summed E-state index contributed by atoms with van der Waals surface area (Å²) < 4.78 is 0. The van der Waals surface area contributed by atoms with Gasteiger partial charge in [-0.3, -0.25) is 9.59 Å². The number of carbonyl (C=O) groups excluding carboxylic acids is 2. The van der Waals surface area contributed by atoms with Gasteiger partial charge >= 0.3 is 0 Å². The van der Waals surface area contributed by atoms with Gasteiger partial charge in [0.05, 0.1) is 10.6 Å². The fourth-order valence-electron chi connectivity index (χ4n) is 3.09. The van der Waals surface area contributed by atoms with E-state index in [4.69, 9.17) is 0 Å². The van der Waals surface area contributed by atoms with Crippen molar-refractivity contribution in [3.05, 3.63) is 100.0 Å². The van der Waals surface area contributed by atoms with Crippen LogP contribution in [0.3, 0.4) is 0 Å². The van der Waals surface area contributed by atoms with Crippen LogP contribution in [0.2, 0.25) is 0 Å². The summed E-state index contributed by atoms with van der Waals surface area (Å²) in [4.78, 5) is 26.6. The zero-order valence-electron chi connectivity index (χ0n) is 15.9. The van der Waals surface area contributed by atoms with Crippen molar-refractivity contribution >= 4 is 35.3 Å². The minimum absolute atomic E-state index is 0.161. The highest BCUT2D eigenvalue weighted by molar-refractivity contribution is 8.04. The first-order chi connectivity index (χ1) is 14.1. The molecule has 4 rings (SSSR count). The number of rotatable bonds is 4. The van der Waals surface area contributed by atoms with Crippen LogP contribution < -0.4 is 10.6 Å². The smallest absolute Gasteiger partial charge is 0.262 e. The zero-order chi connectivity index (χ0) is 20.2. The molecule has 0 saturated heterocycles. The third-order valence-electron chi connectivity index (χ3n) is 4.57. The normalized spacial score (nSPS) is 14.2. The number of hydrogen-bond donors (Lipinski definition) is 2. The molecule has 0 atom stereocenters. The van der Waals surface area contributed by atoms with Gasteiger partial charge in [0, 0.05) is 17.0 Å². The molecule has 144 valence electrons. The minimum atomic E-state index is -0.169. The molecule has 3 aromatic carbocycles. The number of benzene rings is 3. The Morgan fingerprint density at radius 1 is 1.03 bits per heavy atom. The molecule has 1 aliphatic rings. The average molecular weight is 401 g/mol. The quantitative estimate of drug-likeness (QED) is 0.605. The first-order valence-electron chi connectivity index (χ1n) is 9.32. The molecule has 3 aromatic rings. The lowest BCUT2D eigenvalue weighted by atomic mass is 10.1. The van der Waals surface area contributed by atoms with Gasteiger partial charge in [0.25, 0.3) is 11.8 Å². The van der Waals surface area contributed by atoms with Crippen LogP contribution in [-0.4, -0.2) is 11.8 Å². The van der Waals surface area contributed by atoms with Crippen molar-refractivity contribution in [3.8, 4) is 0 Å². The predicted octanol–water partition coefficient (Wildman–Crippen LogP) is 5.01. The lowest BCUT2D eigenvalue weighted by Crippen LogP contribution is -2.23. The molecule has 0 saturated carbocycles. The lowest BCUT2D eigenvalue weighted by Gasteiger charge is -2.19. The Bertz CT molecular complexity index is 1110. The summed E-state index contributed by atoms with van der Waals surface area (Å²) in [5.41, 5.74) is 4.35. The van der Waals surface area contributed by atoms with Gasteiger partial charge in [-0.1, -0.05) is 71.9 Å². The van der Waals surface area contributed by atoms with E-state index in [2.05, 4.69) is 10.6 Å². The number of anilines is 1. The summed E-state index contributed by atoms with van der Waals surface area (Å²) in [5.74, 6) is -0.331. The fourth-order valence-corrected chi connectivity index (χ4v) is 4.02. The van der Waals surface area contributed by atoms with E-state index in [0.29, 0.717) is 22.7 Å². The van der Waals surface area contributed by atoms with Gasteiger partial charge in [0.15, 0.2) is 0 Å². The number of fused-ring (bicyclic) bond motifs is 1. The molecule has 0 bridgehead atoms. The molecular formula is C24H20N2O2S. The van der Waals surface area contributed by atoms with Crippen molar-refractivity contribution < 1.29 is 9.59 Å². The largest absolute Gasteiger partial charge is 0.348 e. The van der Waals surface area contributed by atoms with Crippen LogP contribution in [0.1, 0.15) is 27.0 Å². The van der Waals surface area contributed by atoms with E-state index in [9.17, 15) is 9.59 Å². The van der Waals surface area contributed by atoms with Gasteiger partial charge in [-0.05, 0) is 42.3 Å². The average Bonchev–Trinajstić information content (AvgIpc) is 2.73. The summed E-state index contributed by atoms with van der Waals surface area (Å²) in [6, 6.07) is 23.1. The van der Waals surface area contributed by atoms with E-state index in [1.54, 1.807) is 12.1 Å². The first-order valence-corrected chi connectivity index (χ1v) is 10.1. The van der Waals surface area contributed by atoms with Crippen molar-refractivity contribution in [2.45, 2.75) is 18.4 Å². The maximum absolute atomic E-state index is 12.5. The molecule has 0 spiro atoms. The monoisotopic (exact) mass is 400 g/mol. The predicted molar refractivity (Wildman–Crippen MR) is 118 cm³/mol. The number of aryl methyl sites for hydroxylation is 1. The summed E-state index contributed by atoms with van der Waals surface area (Å²) in [5, 5.41) is 5.82. The van der Waals surface area contributed by atoms with Crippen LogP contribution >= 0.6 is 11.8 Å². The molecule has 1 heterocycles. The number of carbonyl (C=O) groups is 2. The zero-order valence-corrected chi connectivity index (χ0v) is 16.8. The van der Waals surface area contributed by atoms with E-state index >= 15 is 0 Å². The van der Waals surface area contributed by atoms with Gasteiger partial charge < -0.3 is 10.6 Å². The molecule has 0 unspecified atom stereocenters. The standard InChI is InChI=1S/C24H20N2O2S/c1-16-6-5-9-18(12-16)13-22-24(28)26-20-14-19(10-11-21(20)29-22)23(27)25-15-17-7-3-2-4-8-17/h2-14H,15H2,1H3,(H,25,27)(H,26,28). The Hall–Kier alpha value is -3.31. The Labute approximate surface area is 174 Å². The van der Waals surface area contributed by atoms with Gasteiger partial charge in [0.2, 0.25) is 0 Å². The maximum atomic E-state index is 12.5. The summed E-state index contributed by atoms with van der Waals surface area (Å²) in [7, 11) is 0. The number of thioether (sulfide) groups is 1. The SMILES string of the molecule is Cc1cccc(C=C2Sc3ccc(C(=O)NCc4ccccc4)cc3NC2=O)c1. The number of amides is 2. The Morgan fingerprint density at radius 2 is 1.86 bits per heavy atom. The molecule has 0 radical (unpaired) electrons. The maximum Gasteiger partial charge on any atom is 0.262 e. The molecule has 29 heavy (non-hydrogen) atoms. The van der Waals surface area contributed by atoms with Crippen LogP contribution in [0.5, 0.6) is 0 Å². The molecule has 4 nitrogen and oxygen atoms in total. The van der Waals surface area contributed by atoms with Crippen LogP contribution in [0.4, 0.5) is 5.69 Å². The van der Waals surface area contributed by atoms with E-state index in [0.717, 1.165) is 21.6 Å². The van der Waals surface area contributed by atoms with Crippen LogP contribution in [0.25, 0.3) is 6.08 Å². The third kappa shape index (κ3) is 4.58. The Kier molecular flexibility index (Phi) is 5.49. The molecule has 1 aliphatic heterocycles. The van der Waals surface area contributed by atoms with E-state index in [1.807, 2.05) is 73.7 Å². The van der Waals surface area contributed by atoms with Crippen LogP contribution in [-0.2, 0) is 11.3 Å². The number of nitrogens with one attached hydrogen (secondary N) is 2. The van der Waals surface area contributed by atoms with Crippen LogP contribution in [0, 0.1) is 6.92 Å². The van der Waals surface area contributed by atoms with Crippen molar-refractivity contribution in [2.75, 3.05) is 5.32 Å². The van der Waals surface area contributed by atoms with Gasteiger partial charge in [-0.25, -0.2) is 0 Å². The summed E-state index contributed by atoms with van der Waals surface area (Å²) in [6.45, 7) is 2.48. The number of hydrogen-bond acceptors (Lipinski definition) is 3. The Balaban J connectivity index is 1.49. The van der Waals surface area contributed by atoms with Crippen LogP contribution in [0.15, 0.2) is 82.6 Å². The second-order valence-electron chi connectivity index (χ2n) is 6.86. The van der Waals surface area contributed by atoms with Gasteiger partial charge in [-0.2, -0.15) is 0 Å². The summed E-state index contributed by atoms with van der Waals surface area (Å²) >= 11 is 1.41. The van der Waals surface area contributed by atoms with Gasteiger partial charge in [-0.15, -0.1) is 0 Å². The van der Waals surface area contributed by atoms with E-state index < -0.39 is 0 Å². The topological polar surface area (TPSA) is 58.2 Å². The highest BCUT2D eigenvalue weighted by Crippen LogP contribution is 2.39. The second kappa shape index (κ2) is 8.37. The molecule has 2 N–H and O–H groups in total. The van der Waals surface area contributed by atoms with E-state index in [1.165, 1.54) is 11.8 Å². The summed E-state index contributed by atoms with van der Waals surface area (Å²) in [6.07, 6.45) is 1.89. The second-order valence-corrected chi connectivity index (χ2v) is 7.94. The Morgan fingerprint density at radius 3 is 2.66 bits per heavy atom. The van der Waals surface area contributed by atoms with Crippen molar-refractivity contribution in [1.82, 2.24) is 5.32 Å².